The van der Waals surface area contributed by atoms with Gasteiger partial charge in [-0.3, -0.25) is 4.79 Å². The quantitative estimate of drug-likeness (QED) is 0.320. The van der Waals surface area contributed by atoms with Crippen molar-refractivity contribution in [1.29, 1.82) is 0 Å². The molecule has 41 heavy (non-hydrogen) atoms. The van der Waals surface area contributed by atoms with Gasteiger partial charge in [0.2, 0.25) is 0 Å². The summed E-state index contributed by atoms with van der Waals surface area (Å²) in [5, 5.41) is 23.0. The van der Waals surface area contributed by atoms with E-state index in [9.17, 15) is 15.0 Å². The summed E-state index contributed by atoms with van der Waals surface area (Å²) >= 11 is 0. The van der Waals surface area contributed by atoms with Crippen molar-refractivity contribution in [2.45, 2.75) is 122 Å². The van der Waals surface area contributed by atoms with Gasteiger partial charge in [-0.1, -0.05) is 55.9 Å². The monoisotopic (exact) mass is 568 g/mol. The number of fused-ring (bicyclic) bond motifs is 2. The van der Waals surface area contributed by atoms with Crippen molar-refractivity contribution in [3.63, 3.8) is 0 Å². The molecule has 0 aromatic carbocycles. The molecule has 2 bridgehead atoms. The van der Waals surface area contributed by atoms with E-state index in [2.05, 4.69) is 45.9 Å². The summed E-state index contributed by atoms with van der Waals surface area (Å²) < 4.78 is 25.7. The molecule has 10 atom stereocenters. The van der Waals surface area contributed by atoms with Crippen LogP contribution in [0.25, 0.3) is 0 Å². The lowest BCUT2D eigenvalue weighted by Gasteiger charge is -2.50. The van der Waals surface area contributed by atoms with E-state index in [1.807, 2.05) is 19.1 Å². The van der Waals surface area contributed by atoms with Crippen LogP contribution in [0.4, 0.5) is 0 Å². The Balaban J connectivity index is 1.51. The summed E-state index contributed by atoms with van der Waals surface area (Å²) in [5.41, 5.74) is 1.93. The largest absolute Gasteiger partial charge is 0.462 e. The van der Waals surface area contributed by atoms with Crippen LogP contribution in [-0.4, -0.2) is 64.7 Å². The van der Waals surface area contributed by atoms with Gasteiger partial charge in [0.25, 0.3) is 0 Å². The number of hydrogen-bond acceptors (Lipinski definition) is 7. The smallest absolute Gasteiger partial charge is 0.316 e. The summed E-state index contributed by atoms with van der Waals surface area (Å²) in [5.74, 6) is -1.70. The Morgan fingerprint density at radius 3 is 2.71 bits per heavy atom. The number of hydrogen-bond donors (Lipinski definition) is 2. The Kier molecular flexibility index (Phi) is 8.85. The number of carbonyl (C=O) groups is 1. The van der Waals surface area contributed by atoms with E-state index in [1.54, 1.807) is 13.0 Å². The van der Waals surface area contributed by atoms with Gasteiger partial charge in [-0.25, -0.2) is 0 Å². The summed E-state index contributed by atoms with van der Waals surface area (Å²) in [6.07, 6.45) is 13.6. The minimum absolute atomic E-state index is 0.0538. The van der Waals surface area contributed by atoms with E-state index >= 15 is 0 Å². The molecule has 7 heteroatoms. The molecule has 4 heterocycles. The summed E-state index contributed by atoms with van der Waals surface area (Å²) in [6.45, 7) is 12.6. The maximum absolute atomic E-state index is 14.0. The highest BCUT2D eigenvalue weighted by Gasteiger charge is 2.60. The lowest BCUT2D eigenvalue weighted by Crippen LogP contribution is -2.58. The zero-order chi connectivity index (χ0) is 29.5. The molecule has 0 unspecified atom stereocenters. The molecule has 1 spiro atoms. The Labute approximate surface area is 245 Å². The van der Waals surface area contributed by atoms with Gasteiger partial charge in [-0.2, -0.15) is 0 Å². The first-order chi connectivity index (χ1) is 19.5. The van der Waals surface area contributed by atoms with Crippen molar-refractivity contribution in [3.05, 3.63) is 58.7 Å². The molecule has 4 aliphatic heterocycles. The van der Waals surface area contributed by atoms with Crippen LogP contribution in [0.3, 0.4) is 0 Å². The van der Waals surface area contributed by atoms with Crippen LogP contribution in [0.5, 0.6) is 0 Å². The third kappa shape index (κ3) is 5.94. The van der Waals surface area contributed by atoms with E-state index in [1.165, 1.54) is 11.1 Å². The maximum atomic E-state index is 14.0. The molecule has 3 fully saturated rings. The number of esters is 1. The fourth-order valence-corrected chi connectivity index (χ4v) is 7.37. The van der Waals surface area contributed by atoms with Crippen LogP contribution in [-0.2, 0) is 23.7 Å². The molecule has 0 aromatic heterocycles. The van der Waals surface area contributed by atoms with Crippen molar-refractivity contribution in [2.24, 2.45) is 17.8 Å². The van der Waals surface area contributed by atoms with Crippen LogP contribution in [0.1, 0.15) is 80.1 Å². The third-order valence-electron chi connectivity index (χ3n) is 9.86. The Morgan fingerprint density at radius 1 is 1.17 bits per heavy atom. The zero-order valence-corrected chi connectivity index (χ0v) is 25.5. The predicted octanol–water partition coefficient (Wildman–Crippen LogP) is 5.48. The first-order valence-corrected chi connectivity index (χ1v) is 15.4. The van der Waals surface area contributed by atoms with E-state index in [-0.39, 0.29) is 24.7 Å². The fourth-order valence-electron chi connectivity index (χ4n) is 7.37. The Morgan fingerprint density at radius 2 is 1.95 bits per heavy atom. The number of rotatable bonds is 1. The van der Waals surface area contributed by atoms with Crippen LogP contribution in [0.2, 0.25) is 0 Å². The van der Waals surface area contributed by atoms with E-state index in [0.29, 0.717) is 36.3 Å². The second kappa shape index (κ2) is 11.9. The lowest BCUT2D eigenvalue weighted by atomic mass is 9.71. The van der Waals surface area contributed by atoms with Crippen molar-refractivity contribution in [1.82, 2.24) is 0 Å². The molecule has 1 aliphatic carbocycles. The van der Waals surface area contributed by atoms with Gasteiger partial charge in [0.05, 0.1) is 18.8 Å². The molecule has 5 rings (SSSR count). The van der Waals surface area contributed by atoms with Crippen molar-refractivity contribution in [2.75, 3.05) is 6.61 Å². The molecule has 226 valence electrons. The maximum Gasteiger partial charge on any atom is 0.316 e. The second-order valence-electron chi connectivity index (χ2n) is 13.2. The average Bonchev–Trinajstić information content (AvgIpc) is 3.27. The molecular weight excluding hydrogens is 520 g/mol. The molecule has 3 saturated heterocycles. The van der Waals surface area contributed by atoms with Crippen LogP contribution in [0, 0.1) is 17.8 Å². The lowest BCUT2D eigenvalue weighted by molar-refractivity contribution is -0.329. The standard InChI is InChI=1S/C34H48O7/c1-7-22(4)30-23(5)13-14-33(41-30)18-27-17-26(40-33)12-11-21(3)15-20(2)9-8-10-25-19-38-31-29(35)24(6)16-28(32(36)39-27)34(25,31)37/h7-11,16,20,23,26-31,35,37H,12-15,17-19H2,1-6H3/b9-8+,21-11+,22-7+,25-10+/t20-,23-,26+,27-,28-,29+,30+,31+,33+,34+/m0/s1. The minimum atomic E-state index is -1.69. The highest BCUT2D eigenvalue weighted by molar-refractivity contribution is 5.78. The van der Waals surface area contributed by atoms with Gasteiger partial charge in [0.15, 0.2) is 5.79 Å². The second-order valence-corrected chi connectivity index (χ2v) is 13.2. The van der Waals surface area contributed by atoms with E-state index < -0.39 is 41.6 Å². The molecule has 0 aromatic rings. The number of aliphatic hydroxyl groups excluding tert-OH is 1. The predicted molar refractivity (Wildman–Crippen MR) is 157 cm³/mol. The number of ether oxygens (including phenoxy) is 4. The Hall–Kier alpha value is -2.03. The summed E-state index contributed by atoms with van der Waals surface area (Å²) in [6, 6.07) is 0. The first-order valence-electron chi connectivity index (χ1n) is 15.4. The van der Waals surface area contributed by atoms with Gasteiger partial charge in [0.1, 0.15) is 29.8 Å². The van der Waals surface area contributed by atoms with Gasteiger partial charge in [-0.05, 0) is 75.5 Å². The molecule has 7 nitrogen and oxygen atoms in total. The molecular formula is C34H48O7. The average molecular weight is 569 g/mol. The van der Waals surface area contributed by atoms with Crippen LogP contribution in [0.15, 0.2) is 58.7 Å². The minimum Gasteiger partial charge on any atom is -0.462 e. The van der Waals surface area contributed by atoms with Gasteiger partial charge in [-0.15, -0.1) is 0 Å². The highest BCUT2D eigenvalue weighted by Crippen LogP contribution is 2.47. The number of carbonyl (C=O) groups excluding carboxylic acids is 1. The van der Waals surface area contributed by atoms with Crippen molar-refractivity contribution < 1.29 is 34.0 Å². The number of aliphatic hydroxyl groups is 2. The Bertz CT molecular complexity index is 1160. The van der Waals surface area contributed by atoms with Gasteiger partial charge >= 0.3 is 5.97 Å². The molecule has 0 saturated carbocycles. The molecule has 0 radical (unpaired) electrons. The SMILES string of the molecule is C/C=C(\C)[C@H]1O[C@]2(CC[C@@H]1C)C[C@@H]1C[C@@H](C/C=C(\C)C[C@@H](C)/C=C/C=C3\CO[C@@H]4[C@H](O)C(C)=C[C@@H](C(=O)O1)[C@]34O)O2. The van der Waals surface area contributed by atoms with E-state index in [0.717, 1.165) is 19.3 Å². The van der Waals surface area contributed by atoms with Gasteiger partial charge < -0.3 is 29.2 Å². The third-order valence-corrected chi connectivity index (χ3v) is 9.86. The molecule has 2 N–H and O–H groups in total. The van der Waals surface area contributed by atoms with Crippen LogP contribution < -0.4 is 0 Å². The summed E-state index contributed by atoms with van der Waals surface area (Å²) in [4.78, 5) is 14.0. The van der Waals surface area contributed by atoms with Gasteiger partial charge in [0, 0.05) is 19.3 Å². The normalized spacial score (nSPS) is 47.4. The first kappa shape index (κ1) is 30.4. The van der Waals surface area contributed by atoms with Crippen molar-refractivity contribution in [3.8, 4) is 0 Å². The molecule has 5 aliphatic rings. The number of allylic oxidation sites excluding steroid dienone is 5. The van der Waals surface area contributed by atoms with Crippen molar-refractivity contribution >= 4 is 5.97 Å². The van der Waals surface area contributed by atoms with E-state index in [4.69, 9.17) is 18.9 Å². The van der Waals surface area contributed by atoms with Crippen LogP contribution >= 0.6 is 0 Å². The topological polar surface area (TPSA) is 94.5 Å². The highest BCUT2D eigenvalue weighted by atomic mass is 16.7. The zero-order valence-electron chi connectivity index (χ0n) is 25.5. The molecule has 0 amide bonds. The fraction of sp³-hybridized carbons (Fsp3) is 0.676. The summed E-state index contributed by atoms with van der Waals surface area (Å²) in [7, 11) is 0.